The maximum absolute atomic E-state index is 10.9. The fourth-order valence-electron chi connectivity index (χ4n) is 0.706. The van der Waals surface area contributed by atoms with Gasteiger partial charge in [-0.25, -0.2) is 0 Å². The maximum Gasteiger partial charge on any atom is 0.240 e. The number of Topliss-reactive ketones (excluding diaryl/α,β-unsaturated/α-hetero) is 1. The molecule has 0 heterocycles. The van der Waals surface area contributed by atoms with Crippen molar-refractivity contribution in [1.82, 2.24) is 10.6 Å². The standard InChI is InChI=1S/C7H13N3O3/c1-5(12)6(2-8)10-7(13)3-9-4-11/h4,6H,2-3,8H2,1H3,(H,9,11)(H,10,13). The minimum absolute atomic E-state index is 0.0577. The van der Waals surface area contributed by atoms with Crippen LogP contribution in [0, 0.1) is 0 Å². The van der Waals surface area contributed by atoms with Crippen molar-refractivity contribution in [3.63, 3.8) is 0 Å². The Morgan fingerprint density at radius 3 is 2.54 bits per heavy atom. The van der Waals surface area contributed by atoms with Gasteiger partial charge in [-0.2, -0.15) is 0 Å². The van der Waals surface area contributed by atoms with Gasteiger partial charge in [0, 0.05) is 6.54 Å². The van der Waals surface area contributed by atoms with Crippen LogP contribution in [0.2, 0.25) is 0 Å². The van der Waals surface area contributed by atoms with Crippen LogP contribution in [-0.4, -0.2) is 37.2 Å². The number of carbonyl (C=O) groups excluding carboxylic acids is 3. The summed E-state index contributed by atoms with van der Waals surface area (Å²) in [4.78, 5) is 31.6. The van der Waals surface area contributed by atoms with E-state index in [0.29, 0.717) is 6.41 Å². The van der Waals surface area contributed by atoms with Crippen molar-refractivity contribution >= 4 is 18.1 Å². The number of nitrogens with two attached hydrogens (primary N) is 1. The molecule has 0 aliphatic carbocycles. The summed E-state index contributed by atoms with van der Waals surface area (Å²) in [6.07, 6.45) is 0.408. The van der Waals surface area contributed by atoms with Gasteiger partial charge in [0.25, 0.3) is 0 Å². The molecule has 1 atom stereocenters. The topological polar surface area (TPSA) is 101 Å². The third-order valence-electron chi connectivity index (χ3n) is 1.41. The highest BCUT2D eigenvalue weighted by Gasteiger charge is 2.13. The van der Waals surface area contributed by atoms with E-state index in [1.54, 1.807) is 0 Å². The summed E-state index contributed by atoms with van der Waals surface area (Å²) >= 11 is 0. The second kappa shape index (κ2) is 6.13. The highest BCUT2D eigenvalue weighted by molar-refractivity contribution is 5.88. The van der Waals surface area contributed by atoms with E-state index in [9.17, 15) is 14.4 Å². The number of hydrogen-bond acceptors (Lipinski definition) is 4. The normalized spacial score (nSPS) is 11.5. The molecular weight excluding hydrogens is 174 g/mol. The van der Waals surface area contributed by atoms with Gasteiger partial charge in [-0.1, -0.05) is 0 Å². The summed E-state index contributed by atoms with van der Waals surface area (Å²) in [5.41, 5.74) is 5.23. The van der Waals surface area contributed by atoms with Gasteiger partial charge in [0.05, 0.1) is 12.6 Å². The average Bonchev–Trinajstić information content (AvgIpc) is 2.10. The number of nitrogens with one attached hydrogen (secondary N) is 2. The highest BCUT2D eigenvalue weighted by atomic mass is 16.2. The van der Waals surface area contributed by atoms with Crippen LogP contribution in [0.4, 0.5) is 0 Å². The molecule has 0 rings (SSSR count). The lowest BCUT2D eigenvalue weighted by atomic mass is 10.2. The molecule has 0 spiro atoms. The van der Waals surface area contributed by atoms with Gasteiger partial charge in [0.15, 0.2) is 5.78 Å². The molecule has 4 N–H and O–H groups in total. The van der Waals surface area contributed by atoms with Gasteiger partial charge in [0.2, 0.25) is 12.3 Å². The van der Waals surface area contributed by atoms with E-state index >= 15 is 0 Å². The Balaban J connectivity index is 3.86. The zero-order valence-corrected chi connectivity index (χ0v) is 7.37. The molecule has 0 aromatic rings. The first kappa shape index (κ1) is 11.6. The number of hydrogen-bond donors (Lipinski definition) is 3. The lowest BCUT2D eigenvalue weighted by molar-refractivity contribution is -0.126. The number of ketones is 1. The molecule has 0 bridgehead atoms. The summed E-state index contributed by atoms with van der Waals surface area (Å²) in [5, 5.41) is 4.54. The monoisotopic (exact) mass is 187 g/mol. The van der Waals surface area contributed by atoms with Crippen LogP contribution >= 0.6 is 0 Å². The van der Waals surface area contributed by atoms with Crippen molar-refractivity contribution in [2.75, 3.05) is 13.1 Å². The van der Waals surface area contributed by atoms with Crippen molar-refractivity contribution in [3.05, 3.63) is 0 Å². The van der Waals surface area contributed by atoms with Crippen LogP contribution in [0.5, 0.6) is 0 Å². The third-order valence-corrected chi connectivity index (χ3v) is 1.41. The Labute approximate surface area is 75.9 Å². The Hall–Kier alpha value is -1.43. The van der Waals surface area contributed by atoms with Gasteiger partial charge in [-0.15, -0.1) is 0 Å². The molecule has 0 aromatic heterocycles. The van der Waals surface area contributed by atoms with Crippen LogP contribution in [0.3, 0.4) is 0 Å². The van der Waals surface area contributed by atoms with Gasteiger partial charge in [-0.3, -0.25) is 14.4 Å². The van der Waals surface area contributed by atoms with Gasteiger partial charge in [0.1, 0.15) is 0 Å². The summed E-state index contributed by atoms with van der Waals surface area (Å²) in [6.45, 7) is 1.25. The van der Waals surface area contributed by atoms with E-state index in [1.165, 1.54) is 6.92 Å². The average molecular weight is 187 g/mol. The predicted molar refractivity (Wildman–Crippen MR) is 45.7 cm³/mol. The summed E-state index contributed by atoms with van der Waals surface area (Å²) in [5.74, 6) is -0.639. The fraction of sp³-hybridized carbons (Fsp3) is 0.571. The Kier molecular flexibility index (Phi) is 5.45. The van der Waals surface area contributed by atoms with Crippen LogP contribution in [0.15, 0.2) is 0 Å². The number of carbonyl (C=O) groups is 3. The first-order valence-corrected chi connectivity index (χ1v) is 3.78. The van der Waals surface area contributed by atoms with Gasteiger partial charge >= 0.3 is 0 Å². The first-order valence-electron chi connectivity index (χ1n) is 3.78. The molecule has 0 fully saturated rings. The van der Waals surface area contributed by atoms with Crippen molar-refractivity contribution < 1.29 is 14.4 Å². The van der Waals surface area contributed by atoms with E-state index in [4.69, 9.17) is 5.73 Å². The minimum Gasteiger partial charge on any atom is -0.350 e. The molecule has 0 saturated heterocycles. The fourth-order valence-corrected chi connectivity index (χ4v) is 0.706. The molecule has 13 heavy (non-hydrogen) atoms. The molecule has 0 aliphatic heterocycles. The number of amides is 2. The largest absolute Gasteiger partial charge is 0.350 e. The molecule has 0 radical (unpaired) electrons. The van der Waals surface area contributed by atoms with Gasteiger partial charge < -0.3 is 16.4 Å². The Bertz CT molecular complexity index is 205. The lowest BCUT2D eigenvalue weighted by Gasteiger charge is -2.12. The smallest absolute Gasteiger partial charge is 0.240 e. The van der Waals surface area contributed by atoms with E-state index in [2.05, 4.69) is 10.6 Å². The van der Waals surface area contributed by atoms with Crippen molar-refractivity contribution in [2.45, 2.75) is 13.0 Å². The zero-order chi connectivity index (χ0) is 10.3. The van der Waals surface area contributed by atoms with Crippen LogP contribution < -0.4 is 16.4 Å². The summed E-state index contributed by atoms with van der Waals surface area (Å²) in [6, 6.07) is -0.666. The third kappa shape index (κ3) is 4.91. The van der Waals surface area contributed by atoms with E-state index in [1.807, 2.05) is 0 Å². The molecular formula is C7H13N3O3. The van der Waals surface area contributed by atoms with Crippen molar-refractivity contribution in [2.24, 2.45) is 5.73 Å². The molecule has 1 unspecified atom stereocenters. The second-order valence-corrected chi connectivity index (χ2v) is 2.47. The summed E-state index contributed by atoms with van der Waals surface area (Å²) < 4.78 is 0. The molecule has 0 saturated carbocycles. The van der Waals surface area contributed by atoms with E-state index in [0.717, 1.165) is 0 Å². The maximum atomic E-state index is 10.9. The molecule has 0 aromatic carbocycles. The molecule has 74 valence electrons. The number of rotatable bonds is 6. The summed E-state index contributed by atoms with van der Waals surface area (Å²) in [7, 11) is 0. The molecule has 2 amide bonds. The predicted octanol–water partition coefficient (Wildman–Crippen LogP) is -2.24. The van der Waals surface area contributed by atoms with Crippen LogP contribution in [0.25, 0.3) is 0 Å². The Morgan fingerprint density at radius 2 is 2.15 bits per heavy atom. The SMILES string of the molecule is CC(=O)C(CN)NC(=O)CNC=O. The highest BCUT2D eigenvalue weighted by Crippen LogP contribution is 1.82. The molecule has 6 heteroatoms. The first-order chi connectivity index (χ1) is 6.11. The van der Waals surface area contributed by atoms with Crippen molar-refractivity contribution in [3.8, 4) is 0 Å². The van der Waals surface area contributed by atoms with E-state index in [-0.39, 0.29) is 18.9 Å². The quantitative estimate of drug-likeness (QED) is 0.409. The Morgan fingerprint density at radius 1 is 1.54 bits per heavy atom. The molecule has 0 aliphatic rings. The lowest BCUT2D eigenvalue weighted by Crippen LogP contribution is -2.47. The minimum atomic E-state index is -0.666. The molecule has 6 nitrogen and oxygen atoms in total. The van der Waals surface area contributed by atoms with E-state index < -0.39 is 11.9 Å². The van der Waals surface area contributed by atoms with Crippen LogP contribution in [0.1, 0.15) is 6.92 Å². The zero-order valence-electron chi connectivity index (χ0n) is 7.37. The van der Waals surface area contributed by atoms with Crippen LogP contribution in [-0.2, 0) is 14.4 Å². The van der Waals surface area contributed by atoms with Crippen molar-refractivity contribution in [1.29, 1.82) is 0 Å². The van der Waals surface area contributed by atoms with Gasteiger partial charge in [-0.05, 0) is 6.92 Å². The second-order valence-electron chi connectivity index (χ2n) is 2.47.